The largest absolute Gasteiger partial charge is 0.310 e. The van der Waals surface area contributed by atoms with Crippen molar-refractivity contribution in [1.82, 2.24) is 4.57 Å². The second kappa shape index (κ2) is 28.6. The number of rotatable bonds is 11. The van der Waals surface area contributed by atoms with Crippen LogP contribution in [-0.2, 0) is 32.5 Å². The van der Waals surface area contributed by atoms with Crippen molar-refractivity contribution in [2.45, 2.75) is 136 Å². The summed E-state index contributed by atoms with van der Waals surface area (Å²) in [6.45, 7) is 35.1. The molecule has 0 amide bonds. The Bertz CT molecular complexity index is 6680. The topological polar surface area (TPSA) is 11.4 Å². The maximum atomic E-state index is 2.79. The van der Waals surface area contributed by atoms with Gasteiger partial charge in [0.1, 0.15) is 0 Å². The van der Waals surface area contributed by atoms with Crippen LogP contribution in [0, 0.1) is 0 Å². The summed E-state index contributed by atoms with van der Waals surface area (Å²) in [5.74, 6) is 0. The van der Waals surface area contributed by atoms with E-state index in [1.807, 2.05) is 0 Å². The van der Waals surface area contributed by atoms with Gasteiger partial charge in [0.25, 0.3) is 6.71 Å². The Morgan fingerprint density at radius 3 is 1.12 bits per heavy atom. The van der Waals surface area contributed by atoms with Gasteiger partial charge in [0.05, 0.1) is 33.5 Å². The lowest BCUT2D eigenvalue weighted by molar-refractivity contribution is 0.569. The third-order valence-electron chi connectivity index (χ3n) is 26.4. The first-order valence-electron chi connectivity index (χ1n) is 43.4. The minimum absolute atomic E-state index is 0.119. The van der Waals surface area contributed by atoms with Gasteiger partial charge in [-0.3, -0.25) is 0 Å². The number of para-hydroxylation sites is 1. The van der Waals surface area contributed by atoms with Gasteiger partial charge in [-0.2, -0.15) is 0 Å². The van der Waals surface area contributed by atoms with Crippen molar-refractivity contribution in [2.24, 2.45) is 0 Å². The van der Waals surface area contributed by atoms with Crippen LogP contribution in [-0.4, -0.2) is 11.3 Å². The van der Waals surface area contributed by atoms with Crippen LogP contribution in [0.1, 0.15) is 154 Å². The lowest BCUT2D eigenvalue weighted by Crippen LogP contribution is -2.61. The summed E-state index contributed by atoms with van der Waals surface area (Å²) in [5.41, 5.74) is 40.1. The van der Waals surface area contributed by atoms with Gasteiger partial charge in [-0.15, -0.1) is 0 Å². The van der Waals surface area contributed by atoms with Crippen LogP contribution in [0.15, 0.2) is 358 Å². The summed E-state index contributed by atoms with van der Waals surface area (Å²) >= 11 is 0. The first-order chi connectivity index (χ1) is 58.2. The maximum absolute atomic E-state index is 2.79. The van der Waals surface area contributed by atoms with E-state index in [1.165, 1.54) is 105 Å². The normalized spacial score (nSPS) is 13.6. The van der Waals surface area contributed by atoms with E-state index in [0.717, 1.165) is 101 Å². The minimum atomic E-state index is -0.696. The van der Waals surface area contributed by atoms with E-state index in [0.29, 0.717) is 0 Å². The molecule has 0 bridgehead atoms. The molecule has 0 saturated heterocycles. The lowest BCUT2D eigenvalue weighted by Gasteiger charge is -2.46. The van der Waals surface area contributed by atoms with Crippen molar-refractivity contribution in [3.8, 4) is 83.6 Å². The molecule has 4 heteroatoms. The van der Waals surface area contributed by atoms with Gasteiger partial charge in [-0.05, 0) is 210 Å². The molecule has 0 fully saturated rings. The molecule has 0 atom stereocenters. The van der Waals surface area contributed by atoms with Crippen molar-refractivity contribution in [3.63, 3.8) is 0 Å². The minimum Gasteiger partial charge on any atom is -0.310 e. The third kappa shape index (κ3) is 12.8. The first kappa shape index (κ1) is 76.6. The Balaban J connectivity index is 1.00. The molecule has 3 nitrogen and oxygen atoms in total. The zero-order valence-electron chi connectivity index (χ0n) is 72.5. The predicted octanol–water partition coefficient (Wildman–Crippen LogP) is 29.7. The van der Waals surface area contributed by atoms with Crippen LogP contribution in [0.5, 0.6) is 0 Å². The molecule has 17 aromatic rings. The smallest absolute Gasteiger partial charge is 0.252 e. The average Bonchev–Trinajstić information content (AvgIpc) is 1.68. The van der Waals surface area contributed by atoms with E-state index in [2.05, 4.69) is 476 Å². The molecular weight excluding hydrogens is 1460 g/mol. The SMILES string of the molecule is CC(C)(C)c1cc(-c2ccc3c(c2)B2c4ccc(-c5cccc6c5C(c5ccccc5)(c5ccccc5)c5ccccc5-6)cc4N(c4c(-c5ccccc5)cc(C(C)(C)C)cc4-c4ccccc4)c4cc(-n5c6ccc(C(C)(C)C)cc6c6cc(C(C)(C)C)ccc65)cc(c42)N3c2c(-c3ccccc3)cccc2-c2ccccc2)cc(C(C)(C)C)c1. The second-order valence-electron chi connectivity index (χ2n) is 39.2. The predicted molar refractivity (Wildman–Crippen MR) is 518 cm³/mol. The Labute approximate surface area is 716 Å². The summed E-state index contributed by atoms with van der Waals surface area (Å²) < 4.78 is 2.63. The fourth-order valence-corrected chi connectivity index (χ4v) is 20.0. The van der Waals surface area contributed by atoms with Crippen molar-refractivity contribution >= 4 is 79.0 Å². The van der Waals surface area contributed by atoms with Gasteiger partial charge < -0.3 is 14.4 Å². The average molecular weight is 1560 g/mol. The van der Waals surface area contributed by atoms with Crippen LogP contribution in [0.4, 0.5) is 34.1 Å². The molecular formula is C117H104BN3. The fraction of sp³-hybridized carbons (Fsp3) is 0.179. The Kier molecular flexibility index (Phi) is 18.1. The highest BCUT2D eigenvalue weighted by atomic mass is 15.2. The molecule has 0 saturated carbocycles. The molecule has 20 rings (SSSR count). The Hall–Kier alpha value is -13.0. The van der Waals surface area contributed by atoms with Crippen LogP contribution < -0.4 is 26.2 Å². The number of nitrogens with zero attached hydrogens (tertiary/aromatic N) is 3. The van der Waals surface area contributed by atoms with Gasteiger partial charge in [0.2, 0.25) is 0 Å². The van der Waals surface area contributed by atoms with Crippen molar-refractivity contribution < 1.29 is 0 Å². The number of aromatic nitrogens is 1. The monoisotopic (exact) mass is 1560 g/mol. The van der Waals surface area contributed by atoms with E-state index in [4.69, 9.17) is 0 Å². The summed E-state index contributed by atoms with van der Waals surface area (Å²) in [5, 5.41) is 2.47. The molecule has 121 heavy (non-hydrogen) atoms. The Morgan fingerprint density at radius 2 is 0.636 bits per heavy atom. The molecule has 2 aliphatic heterocycles. The molecule has 3 aliphatic rings. The molecule has 590 valence electrons. The number of anilines is 6. The van der Waals surface area contributed by atoms with E-state index in [1.54, 1.807) is 0 Å². The highest BCUT2D eigenvalue weighted by Crippen LogP contribution is 2.61. The molecule has 0 radical (unpaired) electrons. The van der Waals surface area contributed by atoms with Crippen molar-refractivity contribution in [2.75, 3.05) is 9.80 Å². The van der Waals surface area contributed by atoms with E-state index < -0.39 is 5.41 Å². The fourth-order valence-electron chi connectivity index (χ4n) is 20.0. The van der Waals surface area contributed by atoms with E-state index in [9.17, 15) is 0 Å². The maximum Gasteiger partial charge on any atom is 0.252 e. The van der Waals surface area contributed by atoms with Crippen LogP contribution >= 0.6 is 0 Å². The first-order valence-corrected chi connectivity index (χ1v) is 43.4. The molecule has 0 spiro atoms. The zero-order valence-corrected chi connectivity index (χ0v) is 72.5. The van der Waals surface area contributed by atoms with Gasteiger partial charge in [0, 0.05) is 55.8 Å². The highest BCUT2D eigenvalue weighted by molar-refractivity contribution is 7.00. The van der Waals surface area contributed by atoms with Crippen LogP contribution in [0.3, 0.4) is 0 Å². The van der Waals surface area contributed by atoms with Gasteiger partial charge >= 0.3 is 0 Å². The summed E-state index contributed by atoms with van der Waals surface area (Å²) in [4.78, 5) is 5.51. The number of hydrogen-bond donors (Lipinski definition) is 0. The van der Waals surface area contributed by atoms with Crippen molar-refractivity contribution in [1.29, 1.82) is 0 Å². The number of hydrogen-bond acceptors (Lipinski definition) is 2. The lowest BCUT2D eigenvalue weighted by atomic mass is 9.33. The molecule has 1 aliphatic carbocycles. The zero-order chi connectivity index (χ0) is 83.4. The molecule has 16 aromatic carbocycles. The van der Waals surface area contributed by atoms with E-state index >= 15 is 0 Å². The third-order valence-corrected chi connectivity index (χ3v) is 26.4. The summed E-state index contributed by atoms with van der Waals surface area (Å²) in [6.07, 6.45) is 0. The van der Waals surface area contributed by atoms with Crippen LogP contribution in [0.2, 0.25) is 0 Å². The Morgan fingerprint density at radius 1 is 0.240 bits per heavy atom. The molecule has 3 heterocycles. The number of benzene rings is 16. The summed E-state index contributed by atoms with van der Waals surface area (Å²) in [6, 6.07) is 139. The molecule has 0 unspecified atom stereocenters. The van der Waals surface area contributed by atoms with Crippen LogP contribution in [0.25, 0.3) is 105 Å². The van der Waals surface area contributed by atoms with Crippen molar-refractivity contribution in [3.05, 3.63) is 408 Å². The highest BCUT2D eigenvalue weighted by Gasteiger charge is 2.50. The van der Waals surface area contributed by atoms with E-state index in [-0.39, 0.29) is 33.8 Å². The van der Waals surface area contributed by atoms with Gasteiger partial charge in [-0.25, -0.2) is 0 Å². The van der Waals surface area contributed by atoms with Gasteiger partial charge in [0.15, 0.2) is 0 Å². The quantitative estimate of drug-likeness (QED) is 0.120. The number of fused-ring (bicyclic) bond motifs is 10. The molecule has 0 N–H and O–H groups in total. The van der Waals surface area contributed by atoms with Gasteiger partial charge in [-0.1, -0.05) is 401 Å². The standard InChI is InChI=1S/C117H104BN3/c1-112(2,3)84-58-62-102-97(69-84)98-70-85(113(4,5)6)59-63-103(98)119(102)89-73-106-109-107(74-89)121(111-95(77-42-26-18-27-43-77)71-88(116(13,14)15)72-96(111)78-44-28-19-29-45-78)105-67-80(90-51-36-54-94-93-50-34-35-55-99(93)117(108(90)94,82-46-30-20-31-47-82)83-48-32-21-33-49-83)56-60-100(105)118(109)101-66-79(81-64-86(114(7,8)9)68-87(65-81)115(10,11)12)57-61-104(101)120(106)110-91(75-38-22-16-23-39-75)52-37-53-92(110)76-40-24-17-25-41-76/h16-74H,1-15H3. The second-order valence-corrected chi connectivity index (χ2v) is 39.2. The summed E-state index contributed by atoms with van der Waals surface area (Å²) in [7, 11) is 0. The molecule has 1 aromatic heterocycles.